The van der Waals surface area contributed by atoms with Crippen molar-refractivity contribution in [1.29, 1.82) is 0 Å². The quantitative estimate of drug-likeness (QED) is 0.584. The number of hydrogen-bond acceptors (Lipinski definition) is 3. The number of likely N-dealkylation sites (N-methyl/N-ethyl adjacent to an activating group) is 1. The Bertz CT molecular complexity index is 91.8. The molecule has 4 heteroatoms. The van der Waals surface area contributed by atoms with Crippen LogP contribution in [0, 0.1) is 0 Å². The van der Waals surface area contributed by atoms with Gasteiger partial charge in [0, 0.05) is 6.54 Å². The van der Waals surface area contributed by atoms with Gasteiger partial charge in [0.2, 0.25) is 0 Å². The fraction of sp³-hybridized carbons (Fsp3) is 1.00. The molecule has 3 nitrogen and oxygen atoms in total. The van der Waals surface area contributed by atoms with Crippen molar-refractivity contribution in [1.82, 2.24) is 4.90 Å². The van der Waals surface area contributed by atoms with Crippen LogP contribution in [-0.4, -0.2) is 49.5 Å². The average Bonchev–Trinajstić information content (AvgIpc) is 1.89. The molecule has 0 aliphatic carbocycles. The molecule has 0 unspecified atom stereocenters. The summed E-state index contributed by atoms with van der Waals surface area (Å²) in [6.07, 6.45) is 0. The van der Waals surface area contributed by atoms with Gasteiger partial charge in [-0.1, -0.05) is 0 Å². The van der Waals surface area contributed by atoms with Crippen molar-refractivity contribution >= 4 is 12.4 Å². The van der Waals surface area contributed by atoms with Gasteiger partial charge in [-0.2, -0.15) is 0 Å². The van der Waals surface area contributed by atoms with E-state index < -0.39 is 0 Å². The summed E-state index contributed by atoms with van der Waals surface area (Å²) in [5.74, 6) is 0. The Labute approximate surface area is 67.4 Å². The summed E-state index contributed by atoms with van der Waals surface area (Å²) in [5, 5.41) is 8.74. The summed E-state index contributed by atoms with van der Waals surface area (Å²) in [4.78, 5) is 2.11. The van der Waals surface area contributed by atoms with Gasteiger partial charge in [0.1, 0.15) is 0 Å². The van der Waals surface area contributed by atoms with Gasteiger partial charge in [-0.3, -0.25) is 4.90 Å². The Morgan fingerprint density at radius 3 is 2.80 bits per heavy atom. The van der Waals surface area contributed by atoms with E-state index in [0.29, 0.717) is 6.61 Å². The maximum Gasteiger partial charge on any atom is 0.0644 e. The molecule has 1 heterocycles. The summed E-state index contributed by atoms with van der Waals surface area (Å²) in [7, 11) is 2.00. The van der Waals surface area contributed by atoms with Crippen molar-refractivity contribution in [2.24, 2.45) is 0 Å². The lowest BCUT2D eigenvalue weighted by Crippen LogP contribution is -2.44. The van der Waals surface area contributed by atoms with Gasteiger partial charge in [0.15, 0.2) is 0 Å². The Hall–Kier alpha value is 0.170. The van der Waals surface area contributed by atoms with Gasteiger partial charge >= 0.3 is 0 Å². The summed E-state index contributed by atoms with van der Waals surface area (Å²) < 4.78 is 5.14. The van der Waals surface area contributed by atoms with Crippen LogP contribution in [0.4, 0.5) is 0 Å². The molecule has 0 amide bonds. The third-order valence-corrected chi connectivity index (χ3v) is 1.73. The Balaban J connectivity index is 0.000000810. The number of nitrogens with zero attached hydrogens (tertiary/aromatic N) is 1. The van der Waals surface area contributed by atoms with Gasteiger partial charge in [0.05, 0.1) is 25.9 Å². The van der Waals surface area contributed by atoms with Crippen LogP contribution in [0.1, 0.15) is 0 Å². The zero-order valence-electron chi connectivity index (χ0n) is 6.12. The van der Waals surface area contributed by atoms with Gasteiger partial charge in [-0.15, -0.1) is 12.4 Å². The Morgan fingerprint density at radius 2 is 2.40 bits per heavy atom. The molecule has 1 atom stereocenters. The molecule has 0 spiro atoms. The van der Waals surface area contributed by atoms with Crippen LogP contribution in [0.15, 0.2) is 0 Å². The smallest absolute Gasteiger partial charge is 0.0644 e. The number of morpholine rings is 1. The maximum absolute atomic E-state index is 8.74. The summed E-state index contributed by atoms with van der Waals surface area (Å²) in [6.45, 7) is 2.61. The van der Waals surface area contributed by atoms with E-state index in [-0.39, 0.29) is 25.1 Å². The molecular formula is C6H14ClNO2. The van der Waals surface area contributed by atoms with Gasteiger partial charge in [-0.05, 0) is 7.05 Å². The molecule has 0 aromatic heterocycles. The van der Waals surface area contributed by atoms with E-state index in [2.05, 4.69) is 4.90 Å². The van der Waals surface area contributed by atoms with E-state index >= 15 is 0 Å². The van der Waals surface area contributed by atoms with E-state index in [1.807, 2.05) is 7.05 Å². The molecule has 1 saturated heterocycles. The van der Waals surface area contributed by atoms with Crippen LogP contribution >= 0.6 is 12.4 Å². The van der Waals surface area contributed by atoms with Crippen molar-refractivity contribution < 1.29 is 9.84 Å². The lowest BCUT2D eigenvalue weighted by atomic mass is 10.3. The van der Waals surface area contributed by atoms with Crippen molar-refractivity contribution in [3.63, 3.8) is 0 Å². The first-order valence-electron chi connectivity index (χ1n) is 3.23. The molecule has 0 saturated carbocycles. The highest BCUT2D eigenvalue weighted by Gasteiger charge is 2.17. The van der Waals surface area contributed by atoms with Gasteiger partial charge < -0.3 is 9.84 Å². The largest absolute Gasteiger partial charge is 0.395 e. The van der Waals surface area contributed by atoms with Crippen LogP contribution in [0.25, 0.3) is 0 Å². The maximum atomic E-state index is 8.74. The molecule has 1 fully saturated rings. The molecule has 1 aliphatic rings. The molecular weight excluding hydrogens is 154 g/mol. The highest BCUT2D eigenvalue weighted by atomic mass is 35.5. The van der Waals surface area contributed by atoms with Crippen molar-refractivity contribution in [3.05, 3.63) is 0 Å². The van der Waals surface area contributed by atoms with Crippen molar-refractivity contribution in [3.8, 4) is 0 Å². The Kier molecular flexibility index (Phi) is 4.99. The first-order chi connectivity index (χ1) is 4.34. The summed E-state index contributed by atoms with van der Waals surface area (Å²) >= 11 is 0. The minimum absolute atomic E-state index is 0. The SMILES string of the molecule is CN1CCOC[C@H]1CO.Cl. The first kappa shape index (κ1) is 10.2. The zero-order chi connectivity index (χ0) is 6.69. The van der Waals surface area contributed by atoms with Crippen LogP contribution in [-0.2, 0) is 4.74 Å². The fourth-order valence-electron chi connectivity index (χ4n) is 0.930. The summed E-state index contributed by atoms with van der Waals surface area (Å²) in [6, 6.07) is 0.221. The third kappa shape index (κ3) is 2.42. The van der Waals surface area contributed by atoms with E-state index in [1.54, 1.807) is 0 Å². The number of aliphatic hydroxyl groups is 1. The molecule has 62 valence electrons. The van der Waals surface area contributed by atoms with Crippen LogP contribution in [0.3, 0.4) is 0 Å². The minimum Gasteiger partial charge on any atom is -0.395 e. The predicted octanol–water partition coefficient (Wildman–Crippen LogP) is -0.269. The third-order valence-electron chi connectivity index (χ3n) is 1.73. The van der Waals surface area contributed by atoms with Crippen molar-refractivity contribution in [2.75, 3.05) is 33.4 Å². The van der Waals surface area contributed by atoms with Gasteiger partial charge in [0.25, 0.3) is 0 Å². The standard InChI is InChI=1S/C6H13NO2.ClH/c1-7-2-3-9-5-6(7)4-8;/h6,8H,2-5H2,1H3;1H/t6-;/m1./s1. The second-order valence-corrected chi connectivity index (χ2v) is 2.39. The van der Waals surface area contributed by atoms with Crippen LogP contribution in [0.5, 0.6) is 0 Å². The fourth-order valence-corrected chi connectivity index (χ4v) is 0.930. The first-order valence-corrected chi connectivity index (χ1v) is 3.23. The molecule has 1 N–H and O–H groups in total. The van der Waals surface area contributed by atoms with Crippen LogP contribution in [0.2, 0.25) is 0 Å². The topological polar surface area (TPSA) is 32.7 Å². The number of rotatable bonds is 1. The van der Waals surface area contributed by atoms with Crippen LogP contribution < -0.4 is 0 Å². The highest BCUT2D eigenvalue weighted by molar-refractivity contribution is 5.85. The lowest BCUT2D eigenvalue weighted by Gasteiger charge is -2.30. The number of ether oxygens (including phenoxy) is 1. The van der Waals surface area contributed by atoms with E-state index in [4.69, 9.17) is 9.84 Å². The molecule has 0 aromatic carbocycles. The molecule has 0 radical (unpaired) electrons. The highest BCUT2D eigenvalue weighted by Crippen LogP contribution is 2.01. The van der Waals surface area contributed by atoms with E-state index in [1.165, 1.54) is 0 Å². The predicted molar refractivity (Wildman–Crippen MR) is 41.6 cm³/mol. The van der Waals surface area contributed by atoms with Crippen molar-refractivity contribution in [2.45, 2.75) is 6.04 Å². The average molecular weight is 168 g/mol. The molecule has 10 heavy (non-hydrogen) atoms. The molecule has 0 bridgehead atoms. The lowest BCUT2D eigenvalue weighted by molar-refractivity contribution is -0.0148. The van der Waals surface area contributed by atoms with E-state index in [0.717, 1.165) is 13.2 Å². The zero-order valence-corrected chi connectivity index (χ0v) is 6.93. The minimum atomic E-state index is 0. The normalized spacial score (nSPS) is 27.6. The molecule has 1 aliphatic heterocycles. The molecule has 1 rings (SSSR count). The molecule has 0 aromatic rings. The summed E-state index contributed by atoms with van der Waals surface area (Å²) in [5.41, 5.74) is 0. The second kappa shape index (κ2) is 4.91. The monoisotopic (exact) mass is 167 g/mol. The Morgan fingerprint density at radius 1 is 1.70 bits per heavy atom. The number of hydrogen-bond donors (Lipinski definition) is 1. The van der Waals surface area contributed by atoms with E-state index in [9.17, 15) is 0 Å². The number of aliphatic hydroxyl groups excluding tert-OH is 1. The number of halogens is 1. The van der Waals surface area contributed by atoms with Gasteiger partial charge in [-0.25, -0.2) is 0 Å². The second-order valence-electron chi connectivity index (χ2n) is 2.39.